The van der Waals surface area contributed by atoms with Crippen molar-refractivity contribution in [3.8, 4) is 5.75 Å². The third kappa shape index (κ3) is 5.71. The molecule has 1 aliphatic heterocycles. The van der Waals surface area contributed by atoms with Crippen molar-refractivity contribution in [2.24, 2.45) is 5.41 Å². The number of ether oxygens (including phenoxy) is 1. The molecular weight excluding hydrogens is 471 g/mol. The first kappa shape index (κ1) is 26.5. The number of hydrogen-bond acceptors (Lipinski definition) is 4. The number of furan rings is 1. The second-order valence-electron chi connectivity index (χ2n) is 10.3. The predicted octanol–water partition coefficient (Wildman–Crippen LogP) is 6.00. The number of halogens is 1. The number of carbonyl (C=O) groups excluding carboxylic acids is 2. The molecule has 2 aromatic carbocycles. The van der Waals surface area contributed by atoms with E-state index in [-0.39, 0.29) is 30.0 Å². The summed E-state index contributed by atoms with van der Waals surface area (Å²) in [4.78, 5) is 29.5. The van der Waals surface area contributed by atoms with Gasteiger partial charge in [0.25, 0.3) is 5.91 Å². The molecule has 0 fully saturated rings. The molecule has 0 saturated heterocycles. The molecule has 0 saturated carbocycles. The van der Waals surface area contributed by atoms with Crippen LogP contribution in [0, 0.1) is 11.2 Å². The molecule has 0 bridgehead atoms. The van der Waals surface area contributed by atoms with E-state index in [0.717, 1.165) is 16.7 Å². The van der Waals surface area contributed by atoms with Crippen LogP contribution >= 0.6 is 0 Å². The van der Waals surface area contributed by atoms with Crippen LogP contribution in [0.5, 0.6) is 5.75 Å². The molecule has 0 N–H and O–H groups in total. The molecule has 0 unspecified atom stereocenters. The van der Waals surface area contributed by atoms with Crippen LogP contribution in [0.25, 0.3) is 0 Å². The maximum Gasteiger partial charge on any atom is 0.289 e. The molecule has 0 radical (unpaired) electrons. The molecular formula is C30H35FN2O4. The Balaban J connectivity index is 1.60. The Labute approximate surface area is 218 Å². The quantitative estimate of drug-likeness (QED) is 0.394. The lowest BCUT2D eigenvalue weighted by Gasteiger charge is -2.41. The fraction of sp³-hybridized carbons (Fsp3) is 0.400. The molecule has 4 rings (SSSR count). The Morgan fingerprint density at radius 1 is 1.08 bits per heavy atom. The topological polar surface area (TPSA) is 63.0 Å². The first-order valence-electron chi connectivity index (χ1n) is 12.8. The van der Waals surface area contributed by atoms with Gasteiger partial charge in [-0.05, 0) is 73.4 Å². The zero-order valence-electron chi connectivity index (χ0n) is 22.2. The first-order valence-corrected chi connectivity index (χ1v) is 12.8. The van der Waals surface area contributed by atoms with E-state index in [4.69, 9.17) is 9.15 Å². The molecule has 196 valence electrons. The highest BCUT2D eigenvalue weighted by Crippen LogP contribution is 2.39. The summed E-state index contributed by atoms with van der Waals surface area (Å²) >= 11 is 0. The van der Waals surface area contributed by atoms with E-state index in [2.05, 4.69) is 0 Å². The van der Waals surface area contributed by atoms with Gasteiger partial charge in [0.05, 0.1) is 6.04 Å². The Morgan fingerprint density at radius 2 is 1.84 bits per heavy atom. The van der Waals surface area contributed by atoms with Crippen molar-refractivity contribution < 1.29 is 23.1 Å². The summed E-state index contributed by atoms with van der Waals surface area (Å²) in [6, 6.07) is 15.3. The van der Waals surface area contributed by atoms with Gasteiger partial charge in [0.15, 0.2) is 5.76 Å². The van der Waals surface area contributed by atoms with Gasteiger partial charge in [0.2, 0.25) is 5.91 Å². The maximum absolute atomic E-state index is 14.2. The van der Waals surface area contributed by atoms with Crippen LogP contribution in [0.3, 0.4) is 0 Å². The van der Waals surface area contributed by atoms with Gasteiger partial charge < -0.3 is 19.0 Å². The van der Waals surface area contributed by atoms with E-state index in [1.807, 2.05) is 63.8 Å². The van der Waals surface area contributed by atoms with Crippen molar-refractivity contribution in [2.75, 3.05) is 19.6 Å². The number of fused-ring (bicyclic) bond motifs is 1. The lowest BCUT2D eigenvalue weighted by atomic mass is 9.85. The summed E-state index contributed by atoms with van der Waals surface area (Å²) < 4.78 is 26.0. The summed E-state index contributed by atoms with van der Waals surface area (Å²) in [6.07, 6.45) is 0.707. The number of rotatable bonds is 7. The van der Waals surface area contributed by atoms with E-state index >= 15 is 0 Å². The molecule has 2 amide bonds. The summed E-state index contributed by atoms with van der Waals surface area (Å²) in [7, 11) is 0. The number of nitrogens with zero attached hydrogens (tertiary/aromatic N) is 2. The Bertz CT molecular complexity index is 1270. The number of amides is 2. The lowest BCUT2D eigenvalue weighted by molar-refractivity contribution is -0.141. The third-order valence-corrected chi connectivity index (χ3v) is 6.72. The van der Waals surface area contributed by atoms with Crippen LogP contribution in [0.1, 0.15) is 73.7 Å². The van der Waals surface area contributed by atoms with Crippen molar-refractivity contribution in [1.82, 2.24) is 9.80 Å². The second-order valence-corrected chi connectivity index (χ2v) is 10.3. The van der Waals surface area contributed by atoms with Gasteiger partial charge in [0, 0.05) is 25.0 Å². The van der Waals surface area contributed by atoms with E-state index in [1.54, 1.807) is 23.1 Å². The largest absolute Gasteiger partial charge is 0.486 e. The SMILES string of the molecule is CCN(CC)C(=O)c1ccc(COc2ccc3c(c2)[C@@H](c2cccc(F)c2)N(C(=O)C(C)(C)C)CC3)o1. The molecule has 2 heterocycles. The minimum atomic E-state index is -0.573. The molecule has 1 atom stereocenters. The number of hydrogen-bond donors (Lipinski definition) is 0. The first-order chi connectivity index (χ1) is 17.6. The summed E-state index contributed by atoms with van der Waals surface area (Å²) in [5.74, 6) is 0.965. The van der Waals surface area contributed by atoms with Crippen molar-refractivity contribution in [3.05, 3.63) is 88.6 Å². The number of benzene rings is 2. The molecule has 0 spiro atoms. The normalized spacial score (nSPS) is 15.3. The van der Waals surface area contributed by atoms with E-state index < -0.39 is 11.5 Å². The van der Waals surface area contributed by atoms with E-state index in [0.29, 0.717) is 37.6 Å². The molecule has 6 nitrogen and oxygen atoms in total. The van der Waals surface area contributed by atoms with Gasteiger partial charge in [-0.15, -0.1) is 0 Å². The Hall–Kier alpha value is -3.61. The lowest BCUT2D eigenvalue weighted by Crippen LogP contribution is -2.45. The number of carbonyl (C=O) groups is 2. The Morgan fingerprint density at radius 3 is 2.51 bits per heavy atom. The molecule has 1 aliphatic rings. The smallest absolute Gasteiger partial charge is 0.289 e. The van der Waals surface area contributed by atoms with Crippen LogP contribution in [-0.2, 0) is 17.8 Å². The summed E-state index contributed by atoms with van der Waals surface area (Å²) in [5.41, 5.74) is 2.17. The van der Waals surface area contributed by atoms with E-state index in [1.165, 1.54) is 12.1 Å². The average molecular weight is 507 g/mol. The molecule has 3 aromatic rings. The fourth-order valence-electron chi connectivity index (χ4n) is 4.76. The van der Waals surface area contributed by atoms with Gasteiger partial charge in [-0.1, -0.05) is 39.0 Å². The van der Waals surface area contributed by atoms with Gasteiger partial charge >= 0.3 is 0 Å². The molecule has 1 aromatic heterocycles. The van der Waals surface area contributed by atoms with E-state index in [9.17, 15) is 14.0 Å². The van der Waals surface area contributed by atoms with Crippen LogP contribution < -0.4 is 4.74 Å². The van der Waals surface area contributed by atoms with Crippen LogP contribution in [0.2, 0.25) is 0 Å². The van der Waals surface area contributed by atoms with Crippen molar-refractivity contribution >= 4 is 11.8 Å². The van der Waals surface area contributed by atoms with Gasteiger partial charge in [-0.2, -0.15) is 0 Å². The minimum absolute atomic E-state index is 0.0136. The van der Waals surface area contributed by atoms with Gasteiger partial charge in [-0.25, -0.2) is 4.39 Å². The maximum atomic E-state index is 14.2. The average Bonchev–Trinajstić information content (AvgIpc) is 3.35. The summed E-state index contributed by atoms with van der Waals surface area (Å²) in [5, 5.41) is 0. The highest BCUT2D eigenvalue weighted by Gasteiger charge is 2.37. The van der Waals surface area contributed by atoms with Crippen molar-refractivity contribution in [3.63, 3.8) is 0 Å². The van der Waals surface area contributed by atoms with Crippen LogP contribution in [0.4, 0.5) is 4.39 Å². The molecule has 7 heteroatoms. The fourth-order valence-corrected chi connectivity index (χ4v) is 4.76. The highest BCUT2D eigenvalue weighted by molar-refractivity contribution is 5.91. The zero-order valence-corrected chi connectivity index (χ0v) is 22.2. The van der Waals surface area contributed by atoms with Crippen LogP contribution in [0.15, 0.2) is 59.0 Å². The third-order valence-electron chi connectivity index (χ3n) is 6.72. The highest BCUT2D eigenvalue weighted by atomic mass is 19.1. The Kier molecular flexibility index (Phi) is 7.71. The summed E-state index contributed by atoms with van der Waals surface area (Å²) in [6.45, 7) is 11.5. The van der Waals surface area contributed by atoms with Gasteiger partial charge in [-0.3, -0.25) is 9.59 Å². The zero-order chi connectivity index (χ0) is 26.7. The predicted molar refractivity (Wildman–Crippen MR) is 140 cm³/mol. The molecule has 0 aliphatic carbocycles. The monoisotopic (exact) mass is 506 g/mol. The van der Waals surface area contributed by atoms with Crippen molar-refractivity contribution in [2.45, 2.75) is 53.7 Å². The minimum Gasteiger partial charge on any atom is -0.486 e. The van der Waals surface area contributed by atoms with Crippen molar-refractivity contribution in [1.29, 1.82) is 0 Å². The van der Waals surface area contributed by atoms with Crippen LogP contribution in [-0.4, -0.2) is 41.2 Å². The van der Waals surface area contributed by atoms with Gasteiger partial charge in [0.1, 0.15) is 23.9 Å². The second kappa shape index (κ2) is 10.8. The standard InChI is InChI=1S/C30H35FN2O4/c1-6-32(7-2)28(34)26-14-13-24(37-26)19-36-23-12-11-20-15-16-33(29(35)30(3,4)5)27(25(20)18-23)21-9-8-10-22(31)17-21/h8-14,17-18,27H,6-7,15-16,19H2,1-5H3/t27-/m1/s1. The molecule has 37 heavy (non-hydrogen) atoms.